The molecule has 17 heavy (non-hydrogen) atoms. The molecular formula is C13H15N3S. The predicted octanol–water partition coefficient (Wildman–Crippen LogP) is 2.70. The minimum atomic E-state index is 0.581. The van der Waals surface area contributed by atoms with Crippen LogP contribution >= 0.6 is 11.8 Å². The zero-order valence-corrected chi connectivity index (χ0v) is 10.8. The van der Waals surface area contributed by atoms with Gasteiger partial charge in [0.15, 0.2) is 5.16 Å². The van der Waals surface area contributed by atoms with Crippen LogP contribution in [0.4, 0.5) is 0 Å². The van der Waals surface area contributed by atoms with E-state index in [9.17, 15) is 0 Å². The zero-order valence-electron chi connectivity index (χ0n) is 9.97. The lowest BCUT2D eigenvalue weighted by atomic mass is 10.1. The molecule has 3 nitrogen and oxygen atoms in total. The van der Waals surface area contributed by atoms with Crippen LogP contribution in [-0.2, 0) is 6.54 Å². The van der Waals surface area contributed by atoms with Crippen LogP contribution in [0.5, 0.6) is 0 Å². The van der Waals surface area contributed by atoms with E-state index in [0.717, 1.165) is 15.6 Å². The Kier molecular flexibility index (Phi) is 3.76. The summed E-state index contributed by atoms with van der Waals surface area (Å²) < 4.78 is 0. The second-order valence-corrected chi connectivity index (χ2v) is 4.98. The molecule has 2 aromatic rings. The standard InChI is InChI=1S/C13H15N3S/c1-9-7-15-13(16-8-9)17-12-4-3-11(6-14)10(2)5-12/h3-5,7-8H,6,14H2,1-2H3. The molecule has 0 fully saturated rings. The van der Waals surface area contributed by atoms with Gasteiger partial charge in [-0.3, -0.25) is 0 Å². The quantitative estimate of drug-likeness (QED) is 0.845. The number of hydrogen-bond acceptors (Lipinski definition) is 4. The van der Waals surface area contributed by atoms with Gasteiger partial charge in [0.2, 0.25) is 0 Å². The summed E-state index contributed by atoms with van der Waals surface area (Å²) in [6.07, 6.45) is 3.66. The molecule has 88 valence electrons. The summed E-state index contributed by atoms with van der Waals surface area (Å²) in [6, 6.07) is 6.24. The smallest absolute Gasteiger partial charge is 0.192 e. The van der Waals surface area contributed by atoms with Gasteiger partial charge in [0, 0.05) is 23.8 Å². The van der Waals surface area contributed by atoms with Crippen LogP contribution in [0.1, 0.15) is 16.7 Å². The van der Waals surface area contributed by atoms with E-state index in [0.29, 0.717) is 6.54 Å². The van der Waals surface area contributed by atoms with Crippen LogP contribution in [0.2, 0.25) is 0 Å². The average molecular weight is 245 g/mol. The van der Waals surface area contributed by atoms with E-state index >= 15 is 0 Å². The number of hydrogen-bond donors (Lipinski definition) is 1. The summed E-state index contributed by atoms with van der Waals surface area (Å²) in [5.74, 6) is 0. The average Bonchev–Trinajstić information content (AvgIpc) is 2.32. The molecule has 0 bridgehead atoms. The van der Waals surface area contributed by atoms with Crippen LogP contribution in [0.25, 0.3) is 0 Å². The normalized spacial score (nSPS) is 10.5. The first-order valence-electron chi connectivity index (χ1n) is 5.45. The highest BCUT2D eigenvalue weighted by atomic mass is 32.2. The summed E-state index contributed by atoms with van der Waals surface area (Å²) >= 11 is 1.57. The topological polar surface area (TPSA) is 51.8 Å². The van der Waals surface area contributed by atoms with Crippen LogP contribution in [-0.4, -0.2) is 9.97 Å². The summed E-state index contributed by atoms with van der Waals surface area (Å²) in [4.78, 5) is 9.69. The maximum absolute atomic E-state index is 5.64. The van der Waals surface area contributed by atoms with Crippen molar-refractivity contribution in [1.82, 2.24) is 9.97 Å². The number of aromatic nitrogens is 2. The van der Waals surface area contributed by atoms with E-state index in [1.807, 2.05) is 19.3 Å². The molecule has 0 saturated carbocycles. The van der Waals surface area contributed by atoms with E-state index in [1.165, 1.54) is 11.1 Å². The Balaban J connectivity index is 2.19. The van der Waals surface area contributed by atoms with Crippen LogP contribution in [0, 0.1) is 13.8 Å². The highest BCUT2D eigenvalue weighted by Crippen LogP contribution is 2.26. The van der Waals surface area contributed by atoms with Gasteiger partial charge >= 0.3 is 0 Å². The van der Waals surface area contributed by atoms with Gasteiger partial charge in [-0.25, -0.2) is 9.97 Å². The van der Waals surface area contributed by atoms with Gasteiger partial charge in [-0.15, -0.1) is 0 Å². The molecule has 0 aliphatic carbocycles. The van der Waals surface area contributed by atoms with Gasteiger partial charge in [0.1, 0.15) is 0 Å². The lowest BCUT2D eigenvalue weighted by Gasteiger charge is -2.05. The molecule has 0 radical (unpaired) electrons. The molecule has 0 atom stereocenters. The first-order valence-corrected chi connectivity index (χ1v) is 6.27. The SMILES string of the molecule is Cc1cnc(Sc2ccc(CN)c(C)c2)nc1. The molecule has 4 heteroatoms. The third-order valence-corrected chi connectivity index (χ3v) is 3.38. The largest absolute Gasteiger partial charge is 0.326 e. The van der Waals surface area contributed by atoms with Gasteiger partial charge < -0.3 is 5.73 Å². The molecule has 1 aromatic carbocycles. The van der Waals surface area contributed by atoms with Crippen LogP contribution < -0.4 is 5.73 Å². The van der Waals surface area contributed by atoms with Crippen molar-refractivity contribution in [3.05, 3.63) is 47.3 Å². The molecule has 0 aliphatic heterocycles. The monoisotopic (exact) mass is 245 g/mol. The second kappa shape index (κ2) is 5.29. The van der Waals surface area contributed by atoms with E-state index in [1.54, 1.807) is 11.8 Å². The van der Waals surface area contributed by atoms with Crippen molar-refractivity contribution < 1.29 is 0 Å². The van der Waals surface area contributed by atoms with Crippen molar-refractivity contribution >= 4 is 11.8 Å². The Morgan fingerprint density at radius 2 is 1.88 bits per heavy atom. The molecule has 1 aromatic heterocycles. The fourth-order valence-electron chi connectivity index (χ4n) is 1.50. The molecule has 2 N–H and O–H groups in total. The second-order valence-electron chi connectivity index (χ2n) is 3.94. The summed E-state index contributed by atoms with van der Waals surface area (Å²) in [5.41, 5.74) is 9.10. The molecule has 0 unspecified atom stereocenters. The Bertz CT molecular complexity index is 509. The molecule has 0 amide bonds. The highest BCUT2D eigenvalue weighted by molar-refractivity contribution is 7.99. The molecular weight excluding hydrogens is 230 g/mol. The van der Waals surface area contributed by atoms with E-state index < -0.39 is 0 Å². The number of nitrogens with zero attached hydrogens (tertiary/aromatic N) is 2. The van der Waals surface area contributed by atoms with E-state index in [4.69, 9.17) is 5.73 Å². The van der Waals surface area contributed by atoms with Crippen LogP contribution in [0.15, 0.2) is 40.6 Å². The zero-order chi connectivity index (χ0) is 12.3. The number of nitrogens with two attached hydrogens (primary N) is 1. The molecule has 0 saturated heterocycles. The third kappa shape index (κ3) is 3.05. The Hall–Kier alpha value is -1.39. The van der Waals surface area contributed by atoms with Crippen molar-refractivity contribution in [1.29, 1.82) is 0 Å². The fourth-order valence-corrected chi connectivity index (χ4v) is 2.29. The number of aryl methyl sites for hydroxylation is 2. The Morgan fingerprint density at radius 3 is 2.47 bits per heavy atom. The van der Waals surface area contributed by atoms with Crippen LogP contribution in [0.3, 0.4) is 0 Å². The van der Waals surface area contributed by atoms with Crippen molar-refractivity contribution in [2.24, 2.45) is 5.73 Å². The molecule has 1 heterocycles. The van der Waals surface area contributed by atoms with Gasteiger partial charge in [0.25, 0.3) is 0 Å². The Labute approximate surface area is 105 Å². The van der Waals surface area contributed by atoms with Gasteiger partial charge in [-0.1, -0.05) is 6.07 Å². The minimum absolute atomic E-state index is 0.581. The predicted molar refractivity (Wildman–Crippen MR) is 70.0 cm³/mol. The summed E-state index contributed by atoms with van der Waals surface area (Å²) in [7, 11) is 0. The summed E-state index contributed by atoms with van der Waals surface area (Å²) in [5, 5.41) is 0.774. The molecule has 0 aliphatic rings. The minimum Gasteiger partial charge on any atom is -0.326 e. The van der Waals surface area contributed by atoms with Crippen molar-refractivity contribution in [2.75, 3.05) is 0 Å². The molecule has 2 rings (SSSR count). The Morgan fingerprint density at radius 1 is 1.18 bits per heavy atom. The highest BCUT2D eigenvalue weighted by Gasteiger charge is 2.02. The van der Waals surface area contributed by atoms with Crippen molar-refractivity contribution in [3.8, 4) is 0 Å². The van der Waals surface area contributed by atoms with E-state index in [2.05, 4.69) is 35.1 Å². The molecule has 0 spiro atoms. The third-order valence-electron chi connectivity index (χ3n) is 2.50. The van der Waals surface area contributed by atoms with Gasteiger partial charge in [0.05, 0.1) is 0 Å². The van der Waals surface area contributed by atoms with Crippen molar-refractivity contribution in [2.45, 2.75) is 30.4 Å². The first-order chi connectivity index (χ1) is 8.19. The lowest BCUT2D eigenvalue weighted by molar-refractivity contribution is 0.949. The van der Waals surface area contributed by atoms with E-state index in [-0.39, 0.29) is 0 Å². The summed E-state index contributed by atoms with van der Waals surface area (Å²) in [6.45, 7) is 4.63. The lowest BCUT2D eigenvalue weighted by Crippen LogP contribution is -1.98. The fraction of sp³-hybridized carbons (Fsp3) is 0.231. The van der Waals surface area contributed by atoms with Gasteiger partial charge in [-0.05, 0) is 54.4 Å². The van der Waals surface area contributed by atoms with Gasteiger partial charge in [-0.2, -0.15) is 0 Å². The number of rotatable bonds is 3. The van der Waals surface area contributed by atoms with Crippen molar-refractivity contribution in [3.63, 3.8) is 0 Å². The maximum atomic E-state index is 5.64. The first kappa shape index (κ1) is 12.1. The number of benzene rings is 1. The maximum Gasteiger partial charge on any atom is 0.192 e.